The molecule has 0 amide bonds. The standard InChI is InChI=1S/C14H25N3O/c1-6-15-9-8-13-10(3)16-14(17-11(13)4)12(5)18-7-2/h12,15H,6-9H2,1-5H3. The summed E-state index contributed by atoms with van der Waals surface area (Å²) in [6.07, 6.45) is 0.949. The predicted octanol–water partition coefficient (Wildman–Crippen LogP) is 2.34. The van der Waals surface area contributed by atoms with Crippen molar-refractivity contribution in [3.05, 3.63) is 22.8 Å². The number of nitrogens with one attached hydrogen (secondary N) is 1. The highest BCUT2D eigenvalue weighted by atomic mass is 16.5. The van der Waals surface area contributed by atoms with E-state index >= 15 is 0 Å². The largest absolute Gasteiger partial charge is 0.371 e. The molecule has 1 unspecified atom stereocenters. The molecule has 0 aromatic carbocycles. The molecule has 1 atom stereocenters. The maximum atomic E-state index is 5.54. The van der Waals surface area contributed by atoms with Crippen LogP contribution in [0.15, 0.2) is 0 Å². The second-order valence-electron chi connectivity index (χ2n) is 4.43. The van der Waals surface area contributed by atoms with Gasteiger partial charge in [-0.15, -0.1) is 0 Å². The highest BCUT2D eigenvalue weighted by Crippen LogP contribution is 2.17. The first-order chi connectivity index (χ1) is 8.60. The summed E-state index contributed by atoms with van der Waals surface area (Å²) in [7, 11) is 0. The van der Waals surface area contributed by atoms with Crippen molar-refractivity contribution in [3.63, 3.8) is 0 Å². The number of ether oxygens (including phenoxy) is 1. The van der Waals surface area contributed by atoms with Gasteiger partial charge in [-0.2, -0.15) is 0 Å². The molecule has 1 N–H and O–H groups in total. The first kappa shape index (κ1) is 15.1. The fourth-order valence-corrected chi connectivity index (χ4v) is 2.02. The summed E-state index contributed by atoms with van der Waals surface area (Å²) in [6.45, 7) is 12.9. The molecular formula is C14H25N3O. The minimum absolute atomic E-state index is 0.0322. The van der Waals surface area contributed by atoms with E-state index in [1.807, 2.05) is 13.8 Å². The fourth-order valence-electron chi connectivity index (χ4n) is 2.02. The molecule has 102 valence electrons. The first-order valence-corrected chi connectivity index (χ1v) is 6.76. The molecule has 0 saturated heterocycles. The normalized spacial score (nSPS) is 12.7. The lowest BCUT2D eigenvalue weighted by molar-refractivity contribution is 0.0697. The van der Waals surface area contributed by atoms with Crippen molar-refractivity contribution in [2.24, 2.45) is 0 Å². The molecule has 4 heteroatoms. The van der Waals surface area contributed by atoms with Crippen molar-refractivity contribution >= 4 is 0 Å². The van der Waals surface area contributed by atoms with E-state index in [2.05, 4.69) is 36.1 Å². The number of hydrogen-bond acceptors (Lipinski definition) is 4. The van der Waals surface area contributed by atoms with E-state index in [-0.39, 0.29) is 6.10 Å². The van der Waals surface area contributed by atoms with Crippen molar-refractivity contribution in [2.75, 3.05) is 19.7 Å². The highest BCUT2D eigenvalue weighted by Gasteiger charge is 2.13. The Morgan fingerprint density at radius 1 is 1.17 bits per heavy atom. The van der Waals surface area contributed by atoms with Crippen LogP contribution in [-0.4, -0.2) is 29.7 Å². The molecular weight excluding hydrogens is 226 g/mol. The fraction of sp³-hybridized carbons (Fsp3) is 0.714. The molecule has 1 aromatic heterocycles. The number of nitrogens with zero attached hydrogens (tertiary/aromatic N) is 2. The van der Waals surface area contributed by atoms with Gasteiger partial charge in [-0.1, -0.05) is 6.92 Å². The van der Waals surface area contributed by atoms with Crippen LogP contribution >= 0.6 is 0 Å². The van der Waals surface area contributed by atoms with Crippen LogP contribution in [0.3, 0.4) is 0 Å². The maximum Gasteiger partial charge on any atom is 0.157 e. The first-order valence-electron chi connectivity index (χ1n) is 6.76. The molecule has 0 spiro atoms. The Morgan fingerprint density at radius 3 is 2.28 bits per heavy atom. The van der Waals surface area contributed by atoms with E-state index < -0.39 is 0 Å². The molecule has 1 rings (SSSR count). The van der Waals surface area contributed by atoms with Gasteiger partial charge in [-0.05, 0) is 52.8 Å². The summed E-state index contributed by atoms with van der Waals surface area (Å²) >= 11 is 0. The van der Waals surface area contributed by atoms with Crippen molar-refractivity contribution in [2.45, 2.75) is 47.1 Å². The molecule has 0 aliphatic rings. The summed E-state index contributed by atoms with van der Waals surface area (Å²) < 4.78 is 5.54. The van der Waals surface area contributed by atoms with E-state index in [1.165, 1.54) is 5.56 Å². The van der Waals surface area contributed by atoms with Crippen LogP contribution in [-0.2, 0) is 11.2 Å². The number of rotatable bonds is 7. The zero-order valence-electron chi connectivity index (χ0n) is 12.2. The van der Waals surface area contributed by atoms with Gasteiger partial charge < -0.3 is 10.1 Å². The van der Waals surface area contributed by atoms with Gasteiger partial charge in [0.2, 0.25) is 0 Å². The molecule has 0 saturated carbocycles. The van der Waals surface area contributed by atoms with E-state index in [9.17, 15) is 0 Å². The molecule has 0 fully saturated rings. The summed E-state index contributed by atoms with van der Waals surface area (Å²) in [5, 5.41) is 3.33. The predicted molar refractivity (Wildman–Crippen MR) is 73.8 cm³/mol. The van der Waals surface area contributed by atoms with Crippen LogP contribution in [0.2, 0.25) is 0 Å². The van der Waals surface area contributed by atoms with Crippen LogP contribution in [0.1, 0.15) is 49.7 Å². The Morgan fingerprint density at radius 2 is 1.78 bits per heavy atom. The molecule has 0 radical (unpaired) electrons. The Labute approximate surface area is 110 Å². The SMILES string of the molecule is CCNCCc1c(C)nc(C(C)OCC)nc1C. The van der Waals surface area contributed by atoms with Gasteiger partial charge in [0, 0.05) is 18.0 Å². The average molecular weight is 251 g/mol. The average Bonchev–Trinajstić information content (AvgIpc) is 2.32. The minimum Gasteiger partial charge on any atom is -0.371 e. The Hall–Kier alpha value is -1.00. The molecule has 0 aliphatic carbocycles. The maximum absolute atomic E-state index is 5.54. The van der Waals surface area contributed by atoms with Crippen molar-refractivity contribution in [1.29, 1.82) is 0 Å². The van der Waals surface area contributed by atoms with Gasteiger partial charge in [-0.3, -0.25) is 0 Å². The van der Waals surface area contributed by atoms with Gasteiger partial charge in [0.05, 0.1) is 0 Å². The van der Waals surface area contributed by atoms with Crippen LogP contribution < -0.4 is 5.32 Å². The molecule has 18 heavy (non-hydrogen) atoms. The zero-order chi connectivity index (χ0) is 13.5. The molecule has 4 nitrogen and oxygen atoms in total. The third-order valence-corrected chi connectivity index (χ3v) is 3.02. The Bertz CT molecular complexity index is 356. The number of hydrogen-bond donors (Lipinski definition) is 1. The summed E-state index contributed by atoms with van der Waals surface area (Å²) in [4.78, 5) is 9.13. The second-order valence-corrected chi connectivity index (χ2v) is 4.43. The van der Waals surface area contributed by atoms with Gasteiger partial charge in [0.25, 0.3) is 0 Å². The monoisotopic (exact) mass is 251 g/mol. The summed E-state index contributed by atoms with van der Waals surface area (Å²) in [5.74, 6) is 0.791. The molecule has 0 aliphatic heterocycles. The quantitative estimate of drug-likeness (QED) is 0.756. The lowest BCUT2D eigenvalue weighted by Gasteiger charge is -2.15. The summed E-state index contributed by atoms with van der Waals surface area (Å²) in [6, 6.07) is 0. The van der Waals surface area contributed by atoms with E-state index in [4.69, 9.17) is 4.74 Å². The van der Waals surface area contributed by atoms with E-state index in [0.717, 1.165) is 36.7 Å². The minimum atomic E-state index is -0.0322. The Balaban J connectivity index is 2.83. The van der Waals surface area contributed by atoms with Crippen molar-refractivity contribution in [3.8, 4) is 0 Å². The number of aromatic nitrogens is 2. The van der Waals surface area contributed by atoms with Gasteiger partial charge in [0.1, 0.15) is 6.10 Å². The van der Waals surface area contributed by atoms with Gasteiger partial charge in [0.15, 0.2) is 5.82 Å². The number of aryl methyl sites for hydroxylation is 2. The zero-order valence-corrected chi connectivity index (χ0v) is 12.2. The van der Waals surface area contributed by atoms with Crippen molar-refractivity contribution in [1.82, 2.24) is 15.3 Å². The second kappa shape index (κ2) is 7.44. The molecule has 0 bridgehead atoms. The third-order valence-electron chi connectivity index (χ3n) is 3.02. The lowest BCUT2D eigenvalue weighted by Crippen LogP contribution is -2.18. The van der Waals surface area contributed by atoms with Crippen LogP contribution in [0.5, 0.6) is 0 Å². The third kappa shape index (κ3) is 4.03. The molecule has 1 aromatic rings. The number of likely N-dealkylation sites (N-methyl/N-ethyl adjacent to an activating group) is 1. The lowest BCUT2D eigenvalue weighted by atomic mass is 10.1. The van der Waals surface area contributed by atoms with E-state index in [1.54, 1.807) is 0 Å². The van der Waals surface area contributed by atoms with Crippen molar-refractivity contribution < 1.29 is 4.74 Å². The summed E-state index contributed by atoms with van der Waals surface area (Å²) in [5.41, 5.74) is 3.40. The van der Waals surface area contributed by atoms with E-state index in [0.29, 0.717) is 6.61 Å². The highest BCUT2D eigenvalue weighted by molar-refractivity contribution is 5.25. The molecule has 1 heterocycles. The smallest absolute Gasteiger partial charge is 0.157 e. The van der Waals surface area contributed by atoms with Crippen LogP contribution in [0, 0.1) is 13.8 Å². The topological polar surface area (TPSA) is 47.0 Å². The van der Waals surface area contributed by atoms with Gasteiger partial charge in [-0.25, -0.2) is 9.97 Å². The van der Waals surface area contributed by atoms with Gasteiger partial charge >= 0.3 is 0 Å². The Kier molecular flexibility index (Phi) is 6.22. The van der Waals surface area contributed by atoms with Crippen LogP contribution in [0.25, 0.3) is 0 Å². The van der Waals surface area contributed by atoms with Crippen LogP contribution in [0.4, 0.5) is 0 Å².